The van der Waals surface area contributed by atoms with Crippen LogP contribution in [0.2, 0.25) is 0 Å². The van der Waals surface area contributed by atoms with Crippen LogP contribution in [0.3, 0.4) is 0 Å². The molecule has 1 unspecified atom stereocenters. The van der Waals surface area contributed by atoms with E-state index in [0.29, 0.717) is 30.8 Å². The summed E-state index contributed by atoms with van der Waals surface area (Å²) in [5.41, 5.74) is 1.69. The van der Waals surface area contributed by atoms with Crippen LogP contribution in [0.5, 0.6) is 11.5 Å². The molecule has 0 radical (unpaired) electrons. The number of hydrogen-bond donors (Lipinski definition) is 0. The Morgan fingerprint density at radius 3 is 2.62 bits per heavy atom. The third-order valence-electron chi connectivity index (χ3n) is 6.04. The van der Waals surface area contributed by atoms with Crippen LogP contribution in [0.1, 0.15) is 29.6 Å². The zero-order chi connectivity index (χ0) is 21.9. The van der Waals surface area contributed by atoms with Gasteiger partial charge in [-0.1, -0.05) is 30.0 Å². The number of benzene rings is 2. The van der Waals surface area contributed by atoms with E-state index < -0.39 is 0 Å². The second-order valence-corrected chi connectivity index (χ2v) is 9.04. The summed E-state index contributed by atoms with van der Waals surface area (Å²) in [5.74, 6) is 1.48. The number of ether oxygens (including phenoxy) is 1. The van der Waals surface area contributed by atoms with Gasteiger partial charge in [0, 0.05) is 36.8 Å². The van der Waals surface area contributed by atoms with E-state index in [2.05, 4.69) is 9.89 Å². The maximum Gasteiger partial charge on any atom is 0.228 e. The molecule has 2 aromatic rings. The second kappa shape index (κ2) is 9.20. The van der Waals surface area contributed by atoms with Gasteiger partial charge in [0.05, 0.1) is 13.0 Å². The van der Waals surface area contributed by atoms with Crippen molar-refractivity contribution in [3.63, 3.8) is 0 Å². The van der Waals surface area contributed by atoms with E-state index in [1.807, 2.05) is 64.9 Å². The summed E-state index contributed by atoms with van der Waals surface area (Å²) in [5, 5.41) is 3.03. The van der Waals surface area contributed by atoms with E-state index in [-0.39, 0.29) is 17.6 Å². The highest BCUT2D eigenvalue weighted by Crippen LogP contribution is 2.32. The Labute approximate surface area is 192 Å². The number of aliphatic imine (C=N–C) groups is 1. The maximum absolute atomic E-state index is 13.1. The molecule has 6 nitrogen and oxygen atoms in total. The van der Waals surface area contributed by atoms with Crippen molar-refractivity contribution in [3.05, 3.63) is 71.3 Å². The van der Waals surface area contributed by atoms with Gasteiger partial charge in [0.15, 0.2) is 11.0 Å². The van der Waals surface area contributed by atoms with Crippen LogP contribution in [0.25, 0.3) is 0 Å². The molecule has 1 fully saturated rings. The number of amides is 1. The lowest BCUT2D eigenvalue weighted by molar-refractivity contribution is -0.132. The molecule has 0 aliphatic carbocycles. The topological polar surface area (TPSA) is 62.2 Å². The van der Waals surface area contributed by atoms with Crippen LogP contribution in [-0.4, -0.2) is 52.8 Å². The standard InChI is InChI=1S/C25H25N3O3S/c29-23(15-20-17-32-25-26-12-14-28(20)25)27-13-4-5-19(16-27)24(30)18-8-10-22(11-9-18)31-21-6-2-1-3-7-21/h1-3,6-11,17,19H,4-5,12-16H2. The molecule has 1 atom stereocenters. The number of hydrogen-bond acceptors (Lipinski definition) is 6. The Kier molecular flexibility index (Phi) is 5.99. The fourth-order valence-electron chi connectivity index (χ4n) is 4.35. The number of fused-ring (bicyclic) bond motifs is 1. The predicted octanol–water partition coefficient (Wildman–Crippen LogP) is 4.55. The van der Waals surface area contributed by atoms with Crippen molar-refractivity contribution in [1.29, 1.82) is 0 Å². The molecule has 1 amide bonds. The third kappa shape index (κ3) is 4.43. The molecule has 0 N–H and O–H groups in total. The first-order valence-electron chi connectivity index (χ1n) is 11.0. The second-order valence-electron chi connectivity index (χ2n) is 8.20. The predicted molar refractivity (Wildman–Crippen MR) is 126 cm³/mol. The van der Waals surface area contributed by atoms with Crippen LogP contribution in [-0.2, 0) is 4.79 Å². The molecule has 3 heterocycles. The molecule has 2 aromatic carbocycles. The lowest BCUT2D eigenvalue weighted by Gasteiger charge is -2.32. The smallest absolute Gasteiger partial charge is 0.228 e. The van der Waals surface area contributed by atoms with Gasteiger partial charge in [0.1, 0.15) is 11.5 Å². The summed E-state index contributed by atoms with van der Waals surface area (Å²) < 4.78 is 5.82. The van der Waals surface area contributed by atoms with Gasteiger partial charge in [0.2, 0.25) is 5.91 Å². The largest absolute Gasteiger partial charge is 0.457 e. The molecule has 3 aliphatic rings. The number of amidine groups is 1. The van der Waals surface area contributed by atoms with Crippen LogP contribution in [0.15, 0.2) is 70.7 Å². The fourth-order valence-corrected chi connectivity index (χ4v) is 5.30. The molecule has 0 saturated carbocycles. The van der Waals surface area contributed by atoms with E-state index in [0.717, 1.165) is 42.5 Å². The van der Waals surface area contributed by atoms with Gasteiger partial charge in [-0.2, -0.15) is 0 Å². The summed E-state index contributed by atoms with van der Waals surface area (Å²) in [6.45, 7) is 2.85. The highest BCUT2D eigenvalue weighted by atomic mass is 32.2. The van der Waals surface area contributed by atoms with Crippen molar-refractivity contribution in [2.24, 2.45) is 10.9 Å². The normalized spacial score (nSPS) is 19.9. The van der Waals surface area contributed by atoms with Gasteiger partial charge in [-0.05, 0) is 54.6 Å². The Morgan fingerprint density at radius 2 is 1.81 bits per heavy atom. The first-order valence-corrected chi connectivity index (χ1v) is 11.9. The van der Waals surface area contributed by atoms with Crippen LogP contribution >= 0.6 is 11.8 Å². The Bertz CT molecular complexity index is 1070. The molecular formula is C25H25N3O3S. The highest BCUT2D eigenvalue weighted by molar-refractivity contribution is 8.16. The Morgan fingerprint density at radius 1 is 1.03 bits per heavy atom. The molecule has 0 bridgehead atoms. The number of ketones is 1. The molecule has 164 valence electrons. The fraction of sp³-hybridized carbons (Fsp3) is 0.320. The number of carbonyl (C=O) groups is 2. The number of piperidine rings is 1. The number of para-hydroxylation sites is 1. The van der Waals surface area contributed by atoms with Crippen molar-refractivity contribution in [2.45, 2.75) is 19.3 Å². The lowest BCUT2D eigenvalue weighted by Crippen LogP contribution is -2.43. The van der Waals surface area contributed by atoms with E-state index in [1.54, 1.807) is 11.8 Å². The molecular weight excluding hydrogens is 422 g/mol. The van der Waals surface area contributed by atoms with Crippen molar-refractivity contribution in [2.75, 3.05) is 26.2 Å². The Hall–Kier alpha value is -3.06. The zero-order valence-corrected chi connectivity index (χ0v) is 18.6. The minimum Gasteiger partial charge on any atom is -0.457 e. The minimum absolute atomic E-state index is 0.0918. The van der Waals surface area contributed by atoms with E-state index in [4.69, 9.17) is 4.74 Å². The van der Waals surface area contributed by atoms with E-state index in [9.17, 15) is 9.59 Å². The maximum atomic E-state index is 13.1. The van der Waals surface area contributed by atoms with Crippen molar-refractivity contribution < 1.29 is 14.3 Å². The number of thioether (sulfide) groups is 1. The molecule has 0 aromatic heterocycles. The monoisotopic (exact) mass is 447 g/mol. The van der Waals surface area contributed by atoms with Crippen molar-refractivity contribution in [3.8, 4) is 11.5 Å². The third-order valence-corrected chi connectivity index (χ3v) is 6.99. The molecule has 0 spiro atoms. The summed E-state index contributed by atoms with van der Waals surface area (Å²) in [6, 6.07) is 16.8. The quantitative estimate of drug-likeness (QED) is 0.608. The van der Waals surface area contributed by atoms with Crippen LogP contribution in [0, 0.1) is 5.92 Å². The average molecular weight is 448 g/mol. The molecule has 7 heteroatoms. The van der Waals surface area contributed by atoms with Crippen molar-refractivity contribution in [1.82, 2.24) is 9.80 Å². The van der Waals surface area contributed by atoms with Crippen molar-refractivity contribution >= 4 is 28.6 Å². The minimum atomic E-state index is -0.163. The van der Waals surface area contributed by atoms with Crippen LogP contribution < -0.4 is 4.74 Å². The average Bonchev–Trinajstić information content (AvgIpc) is 3.45. The number of carbonyl (C=O) groups excluding carboxylic acids is 2. The van der Waals surface area contributed by atoms with Gasteiger partial charge in [-0.25, -0.2) is 0 Å². The Balaban J connectivity index is 1.19. The molecule has 32 heavy (non-hydrogen) atoms. The summed E-state index contributed by atoms with van der Waals surface area (Å²) in [4.78, 5) is 34.5. The zero-order valence-electron chi connectivity index (χ0n) is 17.8. The number of nitrogens with zero attached hydrogens (tertiary/aromatic N) is 3. The first kappa shape index (κ1) is 20.8. The van der Waals surface area contributed by atoms with Gasteiger partial charge in [0.25, 0.3) is 0 Å². The van der Waals surface area contributed by atoms with E-state index >= 15 is 0 Å². The number of likely N-dealkylation sites (tertiary alicyclic amines) is 1. The van der Waals surface area contributed by atoms with Gasteiger partial charge in [-0.3, -0.25) is 14.6 Å². The lowest BCUT2D eigenvalue weighted by atomic mass is 9.90. The summed E-state index contributed by atoms with van der Waals surface area (Å²) >= 11 is 1.59. The molecule has 5 rings (SSSR count). The highest BCUT2D eigenvalue weighted by Gasteiger charge is 2.32. The van der Waals surface area contributed by atoms with E-state index in [1.165, 1.54) is 0 Å². The van der Waals surface area contributed by atoms with Gasteiger partial charge < -0.3 is 14.5 Å². The molecule has 1 saturated heterocycles. The van der Waals surface area contributed by atoms with Gasteiger partial charge in [-0.15, -0.1) is 0 Å². The number of Topliss-reactive ketones (excluding diaryl/α,β-unsaturated/α-hetero) is 1. The SMILES string of the molecule is O=C(c1ccc(Oc2ccccc2)cc1)C1CCCN(C(=O)CC2=CSC3=NCCN23)C1. The first-order chi connectivity index (χ1) is 15.7. The summed E-state index contributed by atoms with van der Waals surface area (Å²) in [7, 11) is 0. The number of rotatable bonds is 6. The van der Waals surface area contributed by atoms with Crippen LogP contribution in [0.4, 0.5) is 0 Å². The molecule has 3 aliphatic heterocycles. The summed E-state index contributed by atoms with van der Waals surface area (Å²) in [6.07, 6.45) is 2.03. The van der Waals surface area contributed by atoms with Gasteiger partial charge >= 0.3 is 0 Å².